The molecule has 0 aliphatic carbocycles. The van der Waals surface area contributed by atoms with Crippen LogP contribution >= 0.6 is 0 Å². The van der Waals surface area contributed by atoms with Gasteiger partial charge in [0.2, 0.25) is 0 Å². The van der Waals surface area contributed by atoms with E-state index in [-0.39, 0.29) is 18.6 Å². The van der Waals surface area contributed by atoms with Gasteiger partial charge in [-0.2, -0.15) is 0 Å². The third-order valence-electron chi connectivity index (χ3n) is 4.92. The van der Waals surface area contributed by atoms with E-state index in [1.165, 1.54) is 0 Å². The van der Waals surface area contributed by atoms with Gasteiger partial charge in [-0.25, -0.2) is 4.79 Å². The van der Waals surface area contributed by atoms with Crippen molar-refractivity contribution in [2.24, 2.45) is 0 Å². The lowest BCUT2D eigenvalue weighted by molar-refractivity contribution is -0.137. The van der Waals surface area contributed by atoms with Gasteiger partial charge in [-0.05, 0) is 24.5 Å². The Morgan fingerprint density at radius 1 is 1.21 bits per heavy atom. The predicted molar refractivity (Wildman–Crippen MR) is 109 cm³/mol. The summed E-state index contributed by atoms with van der Waals surface area (Å²) in [5.74, 6) is -0.271. The topological polar surface area (TPSA) is 96.9 Å². The van der Waals surface area contributed by atoms with E-state index < -0.39 is 12.0 Å². The monoisotopic (exact) mass is 398 g/mol. The summed E-state index contributed by atoms with van der Waals surface area (Å²) >= 11 is 0. The first-order chi connectivity index (χ1) is 14.1. The van der Waals surface area contributed by atoms with Crippen molar-refractivity contribution in [1.82, 2.24) is 5.32 Å². The predicted octanol–water partition coefficient (Wildman–Crippen LogP) is 3.75. The lowest BCUT2D eigenvalue weighted by atomic mass is 10.0. The summed E-state index contributed by atoms with van der Waals surface area (Å²) in [7, 11) is 1.66. The lowest BCUT2D eigenvalue weighted by Crippen LogP contribution is -2.39. The molecule has 0 saturated heterocycles. The number of rotatable bonds is 8. The maximum absolute atomic E-state index is 12.6. The first-order valence-electron chi connectivity index (χ1n) is 9.68. The number of aliphatic carboxylic acids is 1. The molecule has 2 aromatic carbocycles. The molecular weight excluding hydrogens is 372 g/mol. The Bertz CT molecular complexity index is 840. The molecule has 7 nitrogen and oxygen atoms in total. The number of fused-ring (bicyclic) bond motifs is 1. The molecular formula is C22H26N2O5. The van der Waals surface area contributed by atoms with Crippen molar-refractivity contribution in [2.45, 2.75) is 37.8 Å². The number of carboxylic acid groups (broad SMARTS) is 1. The van der Waals surface area contributed by atoms with Gasteiger partial charge in [-0.15, -0.1) is 0 Å². The molecule has 0 aromatic heterocycles. The Kier molecular flexibility index (Phi) is 7.08. The third-order valence-corrected chi connectivity index (χ3v) is 4.92. The SMILES string of the molecule is COC1CCOc2c(NC(=O)NC(CCC(=O)O)Cc3ccccc3)cccc21. The molecule has 2 aromatic rings. The number of anilines is 1. The van der Waals surface area contributed by atoms with Gasteiger partial charge in [0.15, 0.2) is 0 Å². The van der Waals surface area contributed by atoms with Crippen molar-refractivity contribution in [2.75, 3.05) is 19.0 Å². The van der Waals surface area contributed by atoms with E-state index in [9.17, 15) is 9.59 Å². The molecule has 2 amide bonds. The quantitative estimate of drug-likeness (QED) is 0.629. The second-order valence-electron chi connectivity index (χ2n) is 7.00. The van der Waals surface area contributed by atoms with Gasteiger partial charge in [0.25, 0.3) is 0 Å². The molecule has 0 spiro atoms. The van der Waals surface area contributed by atoms with Crippen molar-refractivity contribution < 1.29 is 24.2 Å². The molecule has 29 heavy (non-hydrogen) atoms. The molecule has 154 valence electrons. The summed E-state index contributed by atoms with van der Waals surface area (Å²) in [5.41, 5.74) is 2.51. The molecule has 2 atom stereocenters. The number of amides is 2. The number of carboxylic acids is 1. The fraction of sp³-hybridized carbons (Fsp3) is 0.364. The minimum absolute atomic E-state index is 0.0167. The van der Waals surface area contributed by atoms with Crippen LogP contribution in [-0.4, -0.2) is 36.9 Å². The van der Waals surface area contributed by atoms with Crippen molar-refractivity contribution in [1.29, 1.82) is 0 Å². The van der Waals surface area contributed by atoms with E-state index >= 15 is 0 Å². The smallest absolute Gasteiger partial charge is 0.319 e. The Morgan fingerprint density at radius 3 is 2.72 bits per heavy atom. The number of carbonyl (C=O) groups is 2. The number of urea groups is 1. The molecule has 1 aliphatic heterocycles. The van der Waals surface area contributed by atoms with E-state index in [0.717, 1.165) is 17.5 Å². The normalized spacial score (nSPS) is 16.2. The van der Waals surface area contributed by atoms with Gasteiger partial charge in [0.1, 0.15) is 5.75 Å². The van der Waals surface area contributed by atoms with Crippen LogP contribution in [0.5, 0.6) is 5.75 Å². The van der Waals surface area contributed by atoms with Crippen LogP contribution in [0.3, 0.4) is 0 Å². The maximum Gasteiger partial charge on any atom is 0.319 e. The summed E-state index contributed by atoms with van der Waals surface area (Å²) in [6, 6.07) is 14.5. The van der Waals surface area contributed by atoms with Crippen molar-refractivity contribution in [3.05, 3.63) is 59.7 Å². The van der Waals surface area contributed by atoms with Crippen LogP contribution in [0.2, 0.25) is 0 Å². The molecule has 1 aliphatic rings. The summed E-state index contributed by atoms with van der Waals surface area (Å²) < 4.78 is 11.3. The van der Waals surface area contributed by atoms with E-state index in [1.54, 1.807) is 13.2 Å². The van der Waals surface area contributed by atoms with Crippen LogP contribution in [-0.2, 0) is 16.0 Å². The Hall–Kier alpha value is -3.06. The number of para-hydroxylation sites is 1. The third kappa shape index (κ3) is 5.71. The molecule has 1 heterocycles. The number of hydrogen-bond donors (Lipinski definition) is 3. The minimum Gasteiger partial charge on any atom is -0.491 e. The summed E-state index contributed by atoms with van der Waals surface area (Å²) in [6.07, 6.45) is 1.57. The summed E-state index contributed by atoms with van der Waals surface area (Å²) in [5, 5.41) is 14.8. The Labute approximate surface area is 170 Å². The second kappa shape index (κ2) is 9.93. The fourth-order valence-corrected chi connectivity index (χ4v) is 3.50. The summed E-state index contributed by atoms with van der Waals surface area (Å²) in [6.45, 7) is 0.515. The van der Waals surface area contributed by atoms with Gasteiger partial charge < -0.3 is 25.2 Å². The molecule has 7 heteroatoms. The molecule has 3 rings (SSSR count). The highest BCUT2D eigenvalue weighted by atomic mass is 16.5. The number of benzene rings is 2. The zero-order valence-corrected chi connectivity index (χ0v) is 16.4. The van der Waals surface area contributed by atoms with Gasteiger partial charge in [0, 0.05) is 31.6 Å². The standard InChI is InChI=1S/C22H26N2O5/c1-28-19-12-13-29-21-17(19)8-5-9-18(21)24-22(27)23-16(10-11-20(25)26)14-15-6-3-2-4-7-15/h2-9,16,19H,10-14H2,1H3,(H,25,26)(H2,23,24,27). The van der Waals surface area contributed by atoms with E-state index in [1.807, 2.05) is 42.5 Å². The van der Waals surface area contributed by atoms with Crippen molar-refractivity contribution in [3.63, 3.8) is 0 Å². The van der Waals surface area contributed by atoms with Crippen LogP contribution in [0.15, 0.2) is 48.5 Å². The Balaban J connectivity index is 1.69. The van der Waals surface area contributed by atoms with Crippen molar-refractivity contribution in [3.8, 4) is 5.75 Å². The fourth-order valence-electron chi connectivity index (χ4n) is 3.50. The highest BCUT2D eigenvalue weighted by Gasteiger charge is 2.24. The largest absolute Gasteiger partial charge is 0.491 e. The lowest BCUT2D eigenvalue weighted by Gasteiger charge is -2.27. The molecule has 0 fully saturated rings. The first kappa shape index (κ1) is 20.7. The molecule has 3 N–H and O–H groups in total. The van der Waals surface area contributed by atoms with Gasteiger partial charge in [-0.3, -0.25) is 4.79 Å². The highest BCUT2D eigenvalue weighted by molar-refractivity contribution is 5.91. The average Bonchev–Trinajstić information content (AvgIpc) is 2.72. The van der Waals surface area contributed by atoms with Crippen LogP contribution in [0, 0.1) is 0 Å². The number of ether oxygens (including phenoxy) is 2. The highest BCUT2D eigenvalue weighted by Crippen LogP contribution is 2.39. The minimum atomic E-state index is -0.888. The molecule has 0 bridgehead atoms. The number of methoxy groups -OCH3 is 1. The first-order valence-corrected chi connectivity index (χ1v) is 9.68. The average molecular weight is 398 g/mol. The van der Waals surface area contributed by atoms with Crippen LogP contribution in [0.25, 0.3) is 0 Å². The zero-order valence-electron chi connectivity index (χ0n) is 16.4. The molecule has 0 saturated carbocycles. The van der Waals surface area contributed by atoms with Gasteiger partial charge in [0.05, 0.1) is 18.4 Å². The second-order valence-corrected chi connectivity index (χ2v) is 7.00. The maximum atomic E-state index is 12.6. The van der Waals surface area contributed by atoms with Crippen LogP contribution in [0.1, 0.15) is 36.5 Å². The van der Waals surface area contributed by atoms with Crippen LogP contribution in [0.4, 0.5) is 10.5 Å². The number of carbonyl (C=O) groups excluding carboxylic acids is 1. The van der Waals surface area contributed by atoms with Crippen LogP contribution < -0.4 is 15.4 Å². The van der Waals surface area contributed by atoms with E-state index in [4.69, 9.17) is 14.6 Å². The van der Waals surface area contributed by atoms with E-state index in [2.05, 4.69) is 10.6 Å². The molecule has 2 unspecified atom stereocenters. The van der Waals surface area contributed by atoms with Gasteiger partial charge >= 0.3 is 12.0 Å². The van der Waals surface area contributed by atoms with E-state index in [0.29, 0.717) is 30.9 Å². The summed E-state index contributed by atoms with van der Waals surface area (Å²) in [4.78, 5) is 23.6. The number of nitrogens with one attached hydrogen (secondary N) is 2. The number of hydrogen-bond acceptors (Lipinski definition) is 4. The Morgan fingerprint density at radius 2 is 2.00 bits per heavy atom. The zero-order chi connectivity index (χ0) is 20.6. The van der Waals surface area contributed by atoms with Crippen molar-refractivity contribution >= 4 is 17.7 Å². The molecule has 0 radical (unpaired) electrons. The van der Waals surface area contributed by atoms with Gasteiger partial charge in [-0.1, -0.05) is 42.5 Å².